The van der Waals surface area contributed by atoms with Gasteiger partial charge < -0.3 is 4.74 Å². The molecule has 18 heavy (non-hydrogen) atoms. The summed E-state index contributed by atoms with van der Waals surface area (Å²) in [6.45, 7) is 2.99. The van der Waals surface area contributed by atoms with E-state index < -0.39 is 0 Å². The van der Waals surface area contributed by atoms with Gasteiger partial charge in [-0.25, -0.2) is 4.68 Å². The van der Waals surface area contributed by atoms with E-state index in [-0.39, 0.29) is 0 Å². The molecule has 2 rings (SSSR count). The highest BCUT2D eigenvalue weighted by molar-refractivity contribution is 5.30. The summed E-state index contributed by atoms with van der Waals surface area (Å²) < 4.78 is 7.26. The van der Waals surface area contributed by atoms with Gasteiger partial charge in [-0.3, -0.25) is 0 Å². The van der Waals surface area contributed by atoms with Crippen LogP contribution in [0.3, 0.4) is 0 Å². The Bertz CT molecular complexity index is 534. The van der Waals surface area contributed by atoms with Crippen LogP contribution in [0.25, 0.3) is 5.69 Å². The van der Waals surface area contributed by atoms with Crippen LogP contribution in [0.4, 0.5) is 0 Å². The first-order valence-electron chi connectivity index (χ1n) is 5.96. The molecule has 1 aromatic heterocycles. The van der Waals surface area contributed by atoms with E-state index in [0.29, 0.717) is 13.2 Å². The monoisotopic (exact) mass is 240 g/mol. The highest BCUT2D eigenvalue weighted by atomic mass is 16.5. The summed E-state index contributed by atoms with van der Waals surface area (Å²) in [6, 6.07) is 10.1. The summed E-state index contributed by atoms with van der Waals surface area (Å²) in [7, 11) is 0. The van der Waals surface area contributed by atoms with Gasteiger partial charge in [0.2, 0.25) is 0 Å². The standard InChI is InChI=1S/C15H16N2O/c1-2-3-10-18-11-9-14-12-16-17(13-14)15-7-5-4-6-8-15/h4-8,12-13H,9-11H2,1H3. The third-order valence-corrected chi connectivity index (χ3v) is 2.54. The molecule has 0 radical (unpaired) electrons. The van der Waals surface area contributed by atoms with E-state index in [1.54, 1.807) is 0 Å². The molecule has 1 aromatic carbocycles. The highest BCUT2D eigenvalue weighted by Gasteiger charge is 2.00. The van der Waals surface area contributed by atoms with Crippen molar-refractivity contribution < 1.29 is 4.74 Å². The predicted molar refractivity (Wildman–Crippen MR) is 71.5 cm³/mol. The normalized spacial score (nSPS) is 9.83. The number of para-hydroxylation sites is 1. The molecule has 0 unspecified atom stereocenters. The maximum absolute atomic E-state index is 5.38. The van der Waals surface area contributed by atoms with Gasteiger partial charge >= 0.3 is 0 Å². The van der Waals surface area contributed by atoms with Crippen molar-refractivity contribution in [3.05, 3.63) is 48.3 Å². The molecule has 0 saturated carbocycles. The minimum atomic E-state index is 0.503. The van der Waals surface area contributed by atoms with Gasteiger partial charge in [0.05, 0.1) is 18.5 Å². The summed E-state index contributed by atoms with van der Waals surface area (Å²) in [5.74, 6) is 5.67. The number of aromatic nitrogens is 2. The van der Waals surface area contributed by atoms with Crippen LogP contribution < -0.4 is 0 Å². The average Bonchev–Trinajstić information content (AvgIpc) is 2.88. The molecule has 3 nitrogen and oxygen atoms in total. The summed E-state index contributed by atoms with van der Waals surface area (Å²) in [6.07, 6.45) is 4.77. The Morgan fingerprint density at radius 3 is 2.89 bits per heavy atom. The first-order chi connectivity index (χ1) is 8.90. The van der Waals surface area contributed by atoms with Gasteiger partial charge in [-0.1, -0.05) is 24.1 Å². The number of nitrogens with zero attached hydrogens (tertiary/aromatic N) is 2. The fraction of sp³-hybridized carbons (Fsp3) is 0.267. The minimum Gasteiger partial charge on any atom is -0.368 e. The van der Waals surface area contributed by atoms with Crippen molar-refractivity contribution >= 4 is 0 Å². The van der Waals surface area contributed by atoms with E-state index in [2.05, 4.69) is 16.9 Å². The molecule has 0 amide bonds. The number of benzene rings is 1. The van der Waals surface area contributed by atoms with E-state index in [9.17, 15) is 0 Å². The highest BCUT2D eigenvalue weighted by Crippen LogP contribution is 2.07. The van der Waals surface area contributed by atoms with Crippen molar-refractivity contribution in [2.24, 2.45) is 0 Å². The number of rotatable bonds is 5. The Labute approximate surface area is 107 Å². The van der Waals surface area contributed by atoms with Gasteiger partial charge in [0.1, 0.15) is 6.61 Å². The maximum Gasteiger partial charge on any atom is 0.107 e. The largest absolute Gasteiger partial charge is 0.368 e. The van der Waals surface area contributed by atoms with E-state index in [1.165, 1.54) is 5.56 Å². The number of hydrogen-bond acceptors (Lipinski definition) is 2. The fourth-order valence-electron chi connectivity index (χ4n) is 1.60. The topological polar surface area (TPSA) is 27.1 Å². The molecule has 0 N–H and O–H groups in total. The SMILES string of the molecule is CC#CCOCCc1cnn(-c2ccccc2)c1. The van der Waals surface area contributed by atoms with E-state index in [4.69, 9.17) is 4.74 Å². The second-order valence-corrected chi connectivity index (χ2v) is 3.86. The lowest BCUT2D eigenvalue weighted by Crippen LogP contribution is -1.98. The smallest absolute Gasteiger partial charge is 0.107 e. The van der Waals surface area contributed by atoms with Crippen molar-refractivity contribution in [1.82, 2.24) is 9.78 Å². The molecule has 2 aromatic rings. The van der Waals surface area contributed by atoms with Crippen LogP contribution in [0.2, 0.25) is 0 Å². The molecule has 0 fully saturated rings. The zero-order valence-corrected chi connectivity index (χ0v) is 10.5. The molecular weight excluding hydrogens is 224 g/mol. The molecular formula is C15H16N2O. The molecule has 0 bridgehead atoms. The predicted octanol–water partition coefficient (Wildman–Crippen LogP) is 2.45. The Kier molecular flexibility index (Phi) is 4.57. The summed E-state index contributed by atoms with van der Waals surface area (Å²) >= 11 is 0. The summed E-state index contributed by atoms with van der Waals surface area (Å²) in [5, 5.41) is 4.33. The van der Waals surface area contributed by atoms with Crippen LogP contribution in [0.1, 0.15) is 12.5 Å². The van der Waals surface area contributed by atoms with Crippen LogP contribution in [-0.2, 0) is 11.2 Å². The lowest BCUT2D eigenvalue weighted by molar-refractivity contribution is 0.170. The zero-order chi connectivity index (χ0) is 12.6. The molecule has 0 atom stereocenters. The van der Waals surface area contributed by atoms with Crippen molar-refractivity contribution in [2.45, 2.75) is 13.3 Å². The van der Waals surface area contributed by atoms with Gasteiger partial charge in [0.15, 0.2) is 0 Å². The fourth-order valence-corrected chi connectivity index (χ4v) is 1.60. The summed E-state index contributed by atoms with van der Waals surface area (Å²) in [5.41, 5.74) is 2.24. The molecule has 0 spiro atoms. The molecule has 0 saturated heterocycles. The van der Waals surface area contributed by atoms with Crippen molar-refractivity contribution in [3.8, 4) is 17.5 Å². The number of ether oxygens (including phenoxy) is 1. The third-order valence-electron chi connectivity index (χ3n) is 2.54. The van der Waals surface area contributed by atoms with Gasteiger partial charge in [0.25, 0.3) is 0 Å². The lowest BCUT2D eigenvalue weighted by atomic mass is 10.3. The van der Waals surface area contributed by atoms with Crippen LogP contribution >= 0.6 is 0 Å². The Balaban J connectivity index is 1.88. The van der Waals surface area contributed by atoms with E-state index >= 15 is 0 Å². The molecule has 3 heteroatoms. The van der Waals surface area contributed by atoms with Crippen molar-refractivity contribution in [2.75, 3.05) is 13.2 Å². The first-order valence-corrected chi connectivity index (χ1v) is 5.96. The Hall–Kier alpha value is -2.05. The molecule has 1 heterocycles. The third kappa shape index (κ3) is 3.47. The van der Waals surface area contributed by atoms with E-state index in [0.717, 1.165) is 12.1 Å². The van der Waals surface area contributed by atoms with E-state index in [1.807, 2.05) is 54.3 Å². The molecule has 0 aliphatic heterocycles. The van der Waals surface area contributed by atoms with Crippen LogP contribution in [0.15, 0.2) is 42.7 Å². The quantitative estimate of drug-likeness (QED) is 0.593. The second-order valence-electron chi connectivity index (χ2n) is 3.86. The average molecular weight is 240 g/mol. The first kappa shape index (κ1) is 12.4. The Morgan fingerprint density at radius 2 is 2.11 bits per heavy atom. The van der Waals surface area contributed by atoms with Crippen LogP contribution in [0, 0.1) is 11.8 Å². The van der Waals surface area contributed by atoms with Crippen LogP contribution in [0.5, 0.6) is 0 Å². The Morgan fingerprint density at radius 1 is 1.28 bits per heavy atom. The molecule has 92 valence electrons. The maximum atomic E-state index is 5.38. The van der Waals surface area contributed by atoms with Gasteiger partial charge in [-0.15, -0.1) is 5.92 Å². The summed E-state index contributed by atoms with van der Waals surface area (Å²) in [4.78, 5) is 0. The van der Waals surface area contributed by atoms with Gasteiger partial charge in [-0.2, -0.15) is 5.10 Å². The zero-order valence-electron chi connectivity index (χ0n) is 10.5. The molecule has 0 aliphatic carbocycles. The molecule has 0 aliphatic rings. The van der Waals surface area contributed by atoms with Crippen molar-refractivity contribution in [3.63, 3.8) is 0 Å². The van der Waals surface area contributed by atoms with Gasteiger partial charge in [-0.05, 0) is 31.0 Å². The lowest BCUT2D eigenvalue weighted by Gasteiger charge is -1.99. The number of hydrogen-bond donors (Lipinski definition) is 0. The van der Waals surface area contributed by atoms with Gasteiger partial charge in [0, 0.05) is 6.20 Å². The van der Waals surface area contributed by atoms with Crippen LogP contribution in [-0.4, -0.2) is 23.0 Å². The van der Waals surface area contributed by atoms with Crippen molar-refractivity contribution in [1.29, 1.82) is 0 Å². The second kappa shape index (κ2) is 6.63. The minimum absolute atomic E-state index is 0.503.